The lowest BCUT2D eigenvalue weighted by molar-refractivity contribution is 0.0313. The topological polar surface area (TPSA) is 84.9 Å². The van der Waals surface area contributed by atoms with Crippen molar-refractivity contribution in [2.24, 2.45) is 0 Å². The Labute approximate surface area is 102 Å². The number of sulfonamides is 1. The first-order valence-electron chi connectivity index (χ1n) is 5.72. The molecular weight excluding hydrogens is 246 g/mol. The number of hydrogen-bond donors (Lipinski definition) is 2. The van der Waals surface area contributed by atoms with Crippen molar-refractivity contribution in [1.29, 1.82) is 0 Å². The Morgan fingerprint density at radius 1 is 1.53 bits per heavy atom. The molecule has 1 fully saturated rings. The highest BCUT2D eigenvalue weighted by molar-refractivity contribution is 7.89. The fourth-order valence-electron chi connectivity index (χ4n) is 1.45. The van der Waals surface area contributed by atoms with Crippen LogP contribution in [-0.4, -0.2) is 57.3 Å². The maximum Gasteiger partial charge on any atom is 0.213 e. The fraction of sp³-hybridized carbons (Fsp3) is 1.00. The van der Waals surface area contributed by atoms with Crippen molar-refractivity contribution in [2.75, 3.05) is 32.1 Å². The van der Waals surface area contributed by atoms with E-state index in [1.807, 2.05) is 13.8 Å². The molecule has 1 rings (SSSR count). The summed E-state index contributed by atoms with van der Waals surface area (Å²) in [5.74, 6) is -0.0951. The zero-order valence-electron chi connectivity index (χ0n) is 10.3. The molecule has 0 aliphatic carbocycles. The second-order valence-corrected chi connectivity index (χ2v) is 6.51. The normalized spacial score (nSPS) is 25.6. The summed E-state index contributed by atoms with van der Waals surface area (Å²) in [6.45, 7) is 4.49. The number of ether oxygens (including phenoxy) is 2. The Morgan fingerprint density at radius 3 is 2.76 bits per heavy atom. The maximum absolute atomic E-state index is 11.6. The van der Waals surface area contributed by atoms with E-state index < -0.39 is 15.6 Å². The molecule has 6 nitrogen and oxygen atoms in total. The van der Waals surface area contributed by atoms with E-state index in [9.17, 15) is 13.5 Å². The first-order valence-corrected chi connectivity index (χ1v) is 7.37. The van der Waals surface area contributed by atoms with E-state index in [1.54, 1.807) is 0 Å². The number of aliphatic hydroxyl groups is 1. The third kappa shape index (κ3) is 5.78. The van der Waals surface area contributed by atoms with Crippen LogP contribution in [0.25, 0.3) is 0 Å². The minimum Gasteiger partial charge on any atom is -0.386 e. The lowest BCUT2D eigenvalue weighted by Crippen LogP contribution is -2.44. The molecule has 1 saturated heterocycles. The van der Waals surface area contributed by atoms with Gasteiger partial charge in [0.05, 0.1) is 25.1 Å². The molecule has 0 aromatic carbocycles. The molecule has 0 aromatic rings. The SMILES string of the molecule is CC(C)OCCS(=O)(=O)NCC1(O)CCOC1. The largest absolute Gasteiger partial charge is 0.386 e. The van der Waals surface area contributed by atoms with Gasteiger partial charge in [-0.3, -0.25) is 0 Å². The van der Waals surface area contributed by atoms with E-state index in [2.05, 4.69) is 4.72 Å². The summed E-state index contributed by atoms with van der Waals surface area (Å²) in [6.07, 6.45) is 0.468. The van der Waals surface area contributed by atoms with Crippen LogP contribution in [0.15, 0.2) is 0 Å². The Bertz CT molecular complexity index is 322. The molecule has 1 aliphatic rings. The van der Waals surface area contributed by atoms with Crippen molar-refractivity contribution in [3.8, 4) is 0 Å². The van der Waals surface area contributed by atoms with Gasteiger partial charge in [-0.2, -0.15) is 0 Å². The van der Waals surface area contributed by atoms with Crippen LogP contribution in [0.3, 0.4) is 0 Å². The predicted octanol–water partition coefficient (Wildman–Crippen LogP) is -0.518. The summed E-state index contributed by atoms with van der Waals surface area (Å²) in [6, 6.07) is 0. The van der Waals surface area contributed by atoms with E-state index in [0.717, 1.165) is 0 Å². The van der Waals surface area contributed by atoms with Gasteiger partial charge >= 0.3 is 0 Å². The minimum absolute atomic E-state index is 0.00296. The van der Waals surface area contributed by atoms with Crippen LogP contribution < -0.4 is 4.72 Å². The lowest BCUT2D eigenvalue weighted by Gasteiger charge is -2.20. The van der Waals surface area contributed by atoms with E-state index in [4.69, 9.17) is 9.47 Å². The second-order valence-electron chi connectivity index (χ2n) is 4.59. The van der Waals surface area contributed by atoms with Gasteiger partial charge in [0.1, 0.15) is 5.60 Å². The Hall–Kier alpha value is -0.210. The van der Waals surface area contributed by atoms with Crippen LogP contribution in [0.2, 0.25) is 0 Å². The smallest absolute Gasteiger partial charge is 0.213 e. The molecule has 0 spiro atoms. The van der Waals surface area contributed by atoms with Crippen LogP contribution in [-0.2, 0) is 19.5 Å². The molecule has 0 aromatic heterocycles. The molecule has 1 atom stereocenters. The quantitative estimate of drug-likeness (QED) is 0.648. The third-order valence-electron chi connectivity index (χ3n) is 2.51. The predicted molar refractivity (Wildman–Crippen MR) is 63.3 cm³/mol. The van der Waals surface area contributed by atoms with Gasteiger partial charge in [0.15, 0.2) is 0 Å². The van der Waals surface area contributed by atoms with Gasteiger partial charge in [-0.05, 0) is 13.8 Å². The van der Waals surface area contributed by atoms with Crippen molar-refractivity contribution in [3.63, 3.8) is 0 Å². The minimum atomic E-state index is -3.39. The standard InChI is InChI=1S/C10H21NO5S/c1-9(2)16-5-6-17(13,14)11-7-10(12)3-4-15-8-10/h9,11-12H,3-8H2,1-2H3. The molecule has 1 heterocycles. The summed E-state index contributed by atoms with van der Waals surface area (Å²) < 4.78 is 35.7. The van der Waals surface area contributed by atoms with Crippen LogP contribution in [0, 0.1) is 0 Å². The second kappa shape index (κ2) is 6.10. The third-order valence-corrected chi connectivity index (χ3v) is 3.80. The Balaban J connectivity index is 2.29. The van der Waals surface area contributed by atoms with Gasteiger partial charge in [-0.1, -0.05) is 0 Å². The van der Waals surface area contributed by atoms with Gasteiger partial charge in [0, 0.05) is 19.6 Å². The fourth-order valence-corrected chi connectivity index (χ4v) is 2.39. The molecule has 1 aliphatic heterocycles. The highest BCUT2D eigenvalue weighted by atomic mass is 32.2. The number of hydrogen-bond acceptors (Lipinski definition) is 5. The summed E-state index contributed by atoms with van der Waals surface area (Å²) in [5, 5.41) is 9.89. The maximum atomic E-state index is 11.6. The van der Waals surface area contributed by atoms with Crippen LogP contribution in [0.4, 0.5) is 0 Å². The van der Waals surface area contributed by atoms with Crippen LogP contribution in [0.5, 0.6) is 0 Å². The van der Waals surface area contributed by atoms with E-state index in [1.165, 1.54) is 0 Å². The highest BCUT2D eigenvalue weighted by Crippen LogP contribution is 2.17. The van der Waals surface area contributed by atoms with E-state index in [0.29, 0.717) is 13.0 Å². The molecule has 102 valence electrons. The molecule has 1 unspecified atom stereocenters. The first kappa shape index (κ1) is 14.8. The lowest BCUT2D eigenvalue weighted by atomic mass is 10.1. The zero-order chi connectivity index (χ0) is 12.9. The molecule has 0 amide bonds. The van der Waals surface area contributed by atoms with Gasteiger partial charge < -0.3 is 14.6 Å². The molecule has 7 heteroatoms. The number of rotatable bonds is 7. The monoisotopic (exact) mass is 267 g/mol. The Kier molecular flexibility index (Phi) is 5.33. The highest BCUT2D eigenvalue weighted by Gasteiger charge is 2.33. The zero-order valence-corrected chi connectivity index (χ0v) is 11.1. The van der Waals surface area contributed by atoms with E-state index in [-0.39, 0.29) is 31.6 Å². The van der Waals surface area contributed by atoms with Gasteiger partial charge in [-0.25, -0.2) is 13.1 Å². The van der Waals surface area contributed by atoms with Crippen LogP contribution in [0.1, 0.15) is 20.3 Å². The average Bonchev–Trinajstić information content (AvgIpc) is 2.63. The molecular formula is C10H21NO5S. The summed E-state index contributed by atoms with van der Waals surface area (Å²) in [5.41, 5.74) is -1.06. The molecule has 17 heavy (non-hydrogen) atoms. The molecule has 0 radical (unpaired) electrons. The first-order chi connectivity index (χ1) is 7.83. The van der Waals surface area contributed by atoms with Crippen molar-refractivity contribution in [2.45, 2.75) is 32.0 Å². The van der Waals surface area contributed by atoms with Crippen LogP contribution >= 0.6 is 0 Å². The van der Waals surface area contributed by atoms with Crippen molar-refractivity contribution in [3.05, 3.63) is 0 Å². The number of nitrogens with one attached hydrogen (secondary N) is 1. The summed E-state index contributed by atoms with van der Waals surface area (Å²) >= 11 is 0. The van der Waals surface area contributed by atoms with Crippen molar-refractivity contribution in [1.82, 2.24) is 4.72 Å². The van der Waals surface area contributed by atoms with Gasteiger partial charge in [0.25, 0.3) is 0 Å². The summed E-state index contributed by atoms with van der Waals surface area (Å²) in [7, 11) is -3.39. The van der Waals surface area contributed by atoms with E-state index >= 15 is 0 Å². The molecule has 0 bridgehead atoms. The Morgan fingerprint density at radius 2 is 2.24 bits per heavy atom. The van der Waals surface area contributed by atoms with Gasteiger partial charge in [-0.15, -0.1) is 0 Å². The van der Waals surface area contributed by atoms with Gasteiger partial charge in [0.2, 0.25) is 10.0 Å². The van der Waals surface area contributed by atoms with Crippen molar-refractivity contribution >= 4 is 10.0 Å². The summed E-state index contributed by atoms with van der Waals surface area (Å²) in [4.78, 5) is 0. The molecule has 2 N–H and O–H groups in total. The average molecular weight is 267 g/mol. The molecule has 0 saturated carbocycles. The van der Waals surface area contributed by atoms with Crippen molar-refractivity contribution < 1.29 is 23.0 Å².